The Morgan fingerprint density at radius 2 is 1.55 bits per heavy atom. The Balaban J connectivity index is 3.77. The lowest BCUT2D eigenvalue weighted by atomic mass is 9.87. The number of carbonyl (C=O) groups excluding carboxylic acids is 2. The molecule has 0 fully saturated rings. The zero-order valence-corrected chi connectivity index (χ0v) is 15.1. The molecule has 130 valence electrons. The quantitative estimate of drug-likeness (QED) is 0.411. The Labute approximate surface area is 135 Å². The van der Waals surface area contributed by atoms with Crippen molar-refractivity contribution in [3.63, 3.8) is 0 Å². The van der Waals surface area contributed by atoms with Crippen LogP contribution in [0.5, 0.6) is 0 Å². The molecular weight excluding hydrogens is 280 g/mol. The van der Waals surface area contributed by atoms with Gasteiger partial charge < -0.3 is 9.47 Å². The van der Waals surface area contributed by atoms with E-state index in [1.54, 1.807) is 0 Å². The molecule has 0 bridgehead atoms. The molecule has 4 nitrogen and oxygen atoms in total. The van der Waals surface area contributed by atoms with E-state index in [4.69, 9.17) is 9.47 Å². The topological polar surface area (TPSA) is 52.6 Å². The largest absolute Gasteiger partial charge is 0.466 e. The Bertz CT molecular complexity index is 318. The third kappa shape index (κ3) is 10.6. The Kier molecular flexibility index (Phi) is 10.9. The molecule has 0 aromatic rings. The molecule has 0 aliphatic rings. The summed E-state index contributed by atoms with van der Waals surface area (Å²) in [6, 6.07) is 0. The predicted molar refractivity (Wildman–Crippen MR) is 88.6 cm³/mol. The van der Waals surface area contributed by atoms with E-state index in [2.05, 4.69) is 27.7 Å². The highest BCUT2D eigenvalue weighted by molar-refractivity contribution is 5.72. The number of carbonyl (C=O) groups is 2. The van der Waals surface area contributed by atoms with Crippen LogP contribution in [0.25, 0.3) is 0 Å². The van der Waals surface area contributed by atoms with E-state index in [1.165, 1.54) is 12.8 Å². The van der Waals surface area contributed by atoms with E-state index < -0.39 is 0 Å². The van der Waals surface area contributed by atoms with Gasteiger partial charge in [0.05, 0.1) is 6.61 Å². The van der Waals surface area contributed by atoms with Crippen molar-refractivity contribution in [1.82, 2.24) is 0 Å². The minimum Gasteiger partial charge on any atom is -0.466 e. The molecule has 0 spiro atoms. The third-order valence-corrected chi connectivity index (χ3v) is 3.63. The van der Waals surface area contributed by atoms with Gasteiger partial charge >= 0.3 is 11.9 Å². The standard InChI is InChI=1S/C18H34O4/c1-6-8-9-10-14-21-16(19)12-11-13-17(20)22-15(7-2)18(3,4)5/h15H,6-14H2,1-5H3. The highest BCUT2D eigenvalue weighted by atomic mass is 16.5. The molecule has 0 heterocycles. The van der Waals surface area contributed by atoms with Crippen LogP contribution in [-0.4, -0.2) is 24.6 Å². The minimum absolute atomic E-state index is 0.0537. The van der Waals surface area contributed by atoms with Crippen molar-refractivity contribution in [2.24, 2.45) is 5.41 Å². The van der Waals surface area contributed by atoms with Crippen molar-refractivity contribution in [2.75, 3.05) is 6.61 Å². The summed E-state index contributed by atoms with van der Waals surface area (Å²) in [4.78, 5) is 23.3. The highest BCUT2D eigenvalue weighted by Gasteiger charge is 2.26. The lowest BCUT2D eigenvalue weighted by molar-refractivity contribution is -0.155. The van der Waals surface area contributed by atoms with Gasteiger partial charge in [0, 0.05) is 12.8 Å². The summed E-state index contributed by atoms with van der Waals surface area (Å²) in [5.41, 5.74) is -0.0537. The van der Waals surface area contributed by atoms with Crippen molar-refractivity contribution in [3.05, 3.63) is 0 Å². The normalized spacial score (nSPS) is 12.8. The minimum atomic E-state index is -0.225. The molecular formula is C18H34O4. The van der Waals surface area contributed by atoms with E-state index in [0.717, 1.165) is 19.3 Å². The molecule has 1 unspecified atom stereocenters. The summed E-state index contributed by atoms with van der Waals surface area (Å²) in [6.45, 7) is 10.8. The number of ether oxygens (including phenoxy) is 2. The average molecular weight is 314 g/mol. The maximum absolute atomic E-state index is 11.8. The lowest BCUT2D eigenvalue weighted by Gasteiger charge is -2.29. The van der Waals surface area contributed by atoms with Gasteiger partial charge in [-0.3, -0.25) is 9.59 Å². The summed E-state index contributed by atoms with van der Waals surface area (Å²) in [7, 11) is 0. The molecule has 22 heavy (non-hydrogen) atoms. The second-order valence-electron chi connectivity index (χ2n) is 6.89. The summed E-state index contributed by atoms with van der Waals surface area (Å²) in [5.74, 6) is -0.440. The van der Waals surface area contributed by atoms with Crippen LogP contribution in [0.15, 0.2) is 0 Å². The van der Waals surface area contributed by atoms with Gasteiger partial charge in [0.15, 0.2) is 0 Å². The van der Waals surface area contributed by atoms with Crippen LogP contribution in [0, 0.1) is 5.41 Å². The molecule has 0 aliphatic carbocycles. The number of hydrogen-bond donors (Lipinski definition) is 0. The van der Waals surface area contributed by atoms with Crippen LogP contribution in [-0.2, 0) is 19.1 Å². The van der Waals surface area contributed by atoms with Gasteiger partial charge in [-0.15, -0.1) is 0 Å². The first-order chi connectivity index (χ1) is 10.3. The molecule has 0 saturated carbocycles. The second kappa shape index (κ2) is 11.5. The highest BCUT2D eigenvalue weighted by Crippen LogP contribution is 2.25. The van der Waals surface area contributed by atoms with E-state index >= 15 is 0 Å². The van der Waals surface area contributed by atoms with Crippen LogP contribution < -0.4 is 0 Å². The van der Waals surface area contributed by atoms with Crippen molar-refractivity contribution < 1.29 is 19.1 Å². The van der Waals surface area contributed by atoms with Crippen LogP contribution in [0.1, 0.15) is 86.0 Å². The van der Waals surface area contributed by atoms with Crippen molar-refractivity contribution in [2.45, 2.75) is 92.1 Å². The number of unbranched alkanes of at least 4 members (excludes halogenated alkanes) is 3. The van der Waals surface area contributed by atoms with Crippen LogP contribution >= 0.6 is 0 Å². The fourth-order valence-corrected chi connectivity index (χ4v) is 2.25. The first-order valence-electron chi connectivity index (χ1n) is 8.66. The van der Waals surface area contributed by atoms with Gasteiger partial charge in [-0.1, -0.05) is 53.9 Å². The zero-order valence-electron chi connectivity index (χ0n) is 15.1. The number of hydrogen-bond acceptors (Lipinski definition) is 4. The second-order valence-corrected chi connectivity index (χ2v) is 6.89. The summed E-state index contributed by atoms with van der Waals surface area (Å²) in [6.07, 6.45) is 6.14. The monoisotopic (exact) mass is 314 g/mol. The molecule has 0 N–H and O–H groups in total. The molecule has 0 aromatic carbocycles. The molecule has 1 atom stereocenters. The Morgan fingerprint density at radius 1 is 0.909 bits per heavy atom. The van der Waals surface area contributed by atoms with E-state index in [1.807, 2.05) is 6.92 Å². The van der Waals surface area contributed by atoms with Crippen LogP contribution in [0.4, 0.5) is 0 Å². The van der Waals surface area contributed by atoms with Crippen LogP contribution in [0.3, 0.4) is 0 Å². The Hall–Kier alpha value is -1.06. The molecule has 0 aromatic heterocycles. The smallest absolute Gasteiger partial charge is 0.306 e. The maximum Gasteiger partial charge on any atom is 0.306 e. The first-order valence-corrected chi connectivity index (χ1v) is 8.66. The average Bonchev–Trinajstić information content (AvgIpc) is 2.43. The van der Waals surface area contributed by atoms with Crippen molar-refractivity contribution in [1.29, 1.82) is 0 Å². The molecule has 0 radical (unpaired) electrons. The Morgan fingerprint density at radius 3 is 2.09 bits per heavy atom. The maximum atomic E-state index is 11.8. The fourth-order valence-electron chi connectivity index (χ4n) is 2.25. The van der Waals surface area contributed by atoms with Gasteiger partial charge in [-0.25, -0.2) is 0 Å². The van der Waals surface area contributed by atoms with Gasteiger partial charge in [0.25, 0.3) is 0 Å². The SMILES string of the molecule is CCCCCCOC(=O)CCCC(=O)OC(CC)C(C)(C)C. The van der Waals surface area contributed by atoms with Crippen molar-refractivity contribution in [3.8, 4) is 0 Å². The summed E-state index contributed by atoms with van der Waals surface area (Å²) in [5, 5.41) is 0. The van der Waals surface area contributed by atoms with Gasteiger partial charge in [-0.05, 0) is 24.7 Å². The van der Waals surface area contributed by atoms with Gasteiger partial charge in [0.2, 0.25) is 0 Å². The summed E-state index contributed by atoms with van der Waals surface area (Å²) < 4.78 is 10.6. The van der Waals surface area contributed by atoms with E-state index in [0.29, 0.717) is 13.0 Å². The lowest BCUT2D eigenvalue weighted by Crippen LogP contribution is -2.31. The predicted octanol–water partition coefficient (Wildman–Crippen LogP) is 4.65. The van der Waals surface area contributed by atoms with E-state index in [9.17, 15) is 9.59 Å². The first kappa shape index (κ1) is 20.9. The number of rotatable bonds is 11. The molecule has 0 rings (SSSR count). The molecule has 0 saturated heterocycles. The van der Waals surface area contributed by atoms with Gasteiger partial charge in [-0.2, -0.15) is 0 Å². The fraction of sp³-hybridized carbons (Fsp3) is 0.889. The number of esters is 2. The van der Waals surface area contributed by atoms with Crippen LogP contribution in [0.2, 0.25) is 0 Å². The third-order valence-electron chi connectivity index (χ3n) is 3.63. The summed E-state index contributed by atoms with van der Waals surface area (Å²) >= 11 is 0. The zero-order chi connectivity index (χ0) is 17.0. The van der Waals surface area contributed by atoms with Gasteiger partial charge in [0.1, 0.15) is 6.10 Å². The van der Waals surface area contributed by atoms with E-state index in [-0.39, 0.29) is 36.3 Å². The molecule has 4 heteroatoms. The molecule has 0 aliphatic heterocycles. The molecule has 0 amide bonds. The van der Waals surface area contributed by atoms with Crippen molar-refractivity contribution >= 4 is 11.9 Å².